The van der Waals surface area contributed by atoms with Gasteiger partial charge in [-0.3, -0.25) is 0 Å². The van der Waals surface area contributed by atoms with Crippen LogP contribution in [0.4, 0.5) is 4.79 Å². The van der Waals surface area contributed by atoms with Crippen LogP contribution in [0.25, 0.3) is 0 Å². The van der Waals surface area contributed by atoms with E-state index in [0.29, 0.717) is 17.2 Å². The Morgan fingerprint density at radius 1 is 0.966 bits per heavy atom. The zero-order chi connectivity index (χ0) is 21.4. The maximum Gasteiger partial charge on any atom is 0.408 e. The average molecular weight is 401 g/mol. The van der Waals surface area contributed by atoms with Gasteiger partial charge in [0.1, 0.15) is 28.9 Å². The lowest BCUT2D eigenvalue weighted by Gasteiger charge is -2.22. The molecule has 156 valence electrons. The van der Waals surface area contributed by atoms with Crippen molar-refractivity contribution in [2.24, 2.45) is 0 Å². The second kappa shape index (κ2) is 9.82. The summed E-state index contributed by atoms with van der Waals surface area (Å²) >= 11 is 0. The number of hydrogen-bond acceptors (Lipinski definition) is 6. The minimum atomic E-state index is -0.861. The molecule has 7 nitrogen and oxygen atoms in total. The molecule has 0 aromatic heterocycles. The van der Waals surface area contributed by atoms with Gasteiger partial charge in [-0.05, 0) is 50.6 Å². The second-order valence-corrected chi connectivity index (χ2v) is 7.35. The molecule has 2 aromatic carbocycles. The number of nitrogens with one attached hydrogen (secondary N) is 1. The number of rotatable bonds is 7. The number of amides is 1. The molecular formula is C22H27NO6. The Morgan fingerprint density at radius 2 is 1.62 bits per heavy atom. The van der Waals surface area contributed by atoms with Gasteiger partial charge in [-0.15, -0.1) is 0 Å². The Morgan fingerprint density at radius 3 is 2.21 bits per heavy atom. The van der Waals surface area contributed by atoms with Crippen molar-refractivity contribution in [1.29, 1.82) is 0 Å². The van der Waals surface area contributed by atoms with Gasteiger partial charge in [0.2, 0.25) is 0 Å². The minimum absolute atomic E-state index is 0.255. The highest BCUT2D eigenvalue weighted by Crippen LogP contribution is 2.25. The molecule has 0 aliphatic heterocycles. The van der Waals surface area contributed by atoms with E-state index in [1.54, 1.807) is 46.1 Å². The molecule has 0 spiro atoms. The third kappa shape index (κ3) is 7.37. The van der Waals surface area contributed by atoms with Crippen LogP contribution in [0.15, 0.2) is 48.5 Å². The van der Waals surface area contributed by atoms with Crippen LogP contribution in [-0.2, 0) is 20.7 Å². The fourth-order valence-electron chi connectivity index (χ4n) is 2.52. The number of alkyl carbamates (subject to hydrolysis) is 1. The Bertz CT molecular complexity index is 826. The van der Waals surface area contributed by atoms with E-state index in [0.717, 1.165) is 5.56 Å². The van der Waals surface area contributed by atoms with Crippen molar-refractivity contribution >= 4 is 12.1 Å². The Labute approximate surface area is 170 Å². The van der Waals surface area contributed by atoms with E-state index in [2.05, 4.69) is 5.32 Å². The van der Waals surface area contributed by atoms with Crippen LogP contribution >= 0.6 is 0 Å². The first-order valence-electron chi connectivity index (χ1n) is 9.18. The molecule has 0 heterocycles. The maximum atomic E-state index is 12.1. The smallest absolute Gasteiger partial charge is 0.408 e. The number of carbonyl (C=O) groups is 2. The van der Waals surface area contributed by atoms with Gasteiger partial charge in [0.15, 0.2) is 0 Å². The molecule has 0 saturated carbocycles. The van der Waals surface area contributed by atoms with E-state index >= 15 is 0 Å². The van der Waals surface area contributed by atoms with Gasteiger partial charge >= 0.3 is 12.1 Å². The summed E-state index contributed by atoms with van der Waals surface area (Å²) in [4.78, 5) is 24.1. The topological polar surface area (TPSA) is 83.1 Å². The normalized spacial score (nSPS) is 11.9. The third-order valence-electron chi connectivity index (χ3n) is 3.82. The molecule has 0 saturated heterocycles. The van der Waals surface area contributed by atoms with E-state index in [-0.39, 0.29) is 6.42 Å². The monoisotopic (exact) mass is 401 g/mol. The van der Waals surface area contributed by atoms with Crippen LogP contribution in [0.1, 0.15) is 26.3 Å². The van der Waals surface area contributed by atoms with Crippen molar-refractivity contribution < 1.29 is 28.5 Å². The first kappa shape index (κ1) is 22.1. The van der Waals surface area contributed by atoms with E-state index in [4.69, 9.17) is 18.9 Å². The van der Waals surface area contributed by atoms with Crippen molar-refractivity contribution in [2.45, 2.75) is 38.8 Å². The molecule has 0 fully saturated rings. The first-order chi connectivity index (χ1) is 13.7. The summed E-state index contributed by atoms with van der Waals surface area (Å²) < 4.78 is 21.0. The van der Waals surface area contributed by atoms with Gasteiger partial charge in [-0.2, -0.15) is 0 Å². The summed E-state index contributed by atoms with van der Waals surface area (Å²) in [6, 6.07) is 13.6. The predicted molar refractivity (Wildman–Crippen MR) is 108 cm³/mol. The molecule has 0 radical (unpaired) electrons. The van der Waals surface area contributed by atoms with Crippen molar-refractivity contribution in [3.8, 4) is 17.2 Å². The van der Waals surface area contributed by atoms with E-state index in [1.165, 1.54) is 7.11 Å². The number of methoxy groups -OCH3 is 2. The fourth-order valence-corrected chi connectivity index (χ4v) is 2.52. The quantitative estimate of drug-likeness (QED) is 0.704. The van der Waals surface area contributed by atoms with Crippen molar-refractivity contribution in [3.63, 3.8) is 0 Å². The Balaban J connectivity index is 2.04. The largest absolute Gasteiger partial charge is 0.497 e. The molecule has 0 aliphatic rings. The van der Waals surface area contributed by atoms with Gasteiger partial charge in [-0.1, -0.05) is 18.2 Å². The van der Waals surface area contributed by atoms with E-state index in [1.807, 2.05) is 30.3 Å². The lowest BCUT2D eigenvalue weighted by Crippen LogP contribution is -2.45. The van der Waals surface area contributed by atoms with Gasteiger partial charge in [0.25, 0.3) is 0 Å². The van der Waals surface area contributed by atoms with Crippen LogP contribution in [0.3, 0.4) is 0 Å². The highest BCUT2D eigenvalue weighted by molar-refractivity contribution is 5.81. The molecule has 1 atom stereocenters. The second-order valence-electron chi connectivity index (χ2n) is 7.35. The number of hydrogen-bond donors (Lipinski definition) is 1. The lowest BCUT2D eigenvalue weighted by atomic mass is 10.1. The predicted octanol–water partition coefficient (Wildman–Crippen LogP) is 4.10. The van der Waals surface area contributed by atoms with Gasteiger partial charge in [0.05, 0.1) is 14.2 Å². The molecule has 0 bridgehead atoms. The third-order valence-corrected chi connectivity index (χ3v) is 3.82. The molecule has 0 unspecified atom stereocenters. The standard InChI is InChI=1S/C22H27NO6/c1-22(2,3)29-21(25)23-19(20(24)27-5)13-15-9-11-16(12-10-15)28-18-8-6-7-17(14-18)26-4/h6-12,14,19H,13H2,1-5H3,(H,23,25)/t19-/m1/s1. The zero-order valence-electron chi connectivity index (χ0n) is 17.4. The Hall–Kier alpha value is -3.22. The summed E-state index contributed by atoms with van der Waals surface area (Å²) in [5, 5.41) is 2.56. The van der Waals surface area contributed by atoms with Gasteiger partial charge in [-0.25, -0.2) is 9.59 Å². The van der Waals surface area contributed by atoms with Crippen LogP contribution in [0.5, 0.6) is 17.2 Å². The van der Waals surface area contributed by atoms with Crippen molar-refractivity contribution in [2.75, 3.05) is 14.2 Å². The van der Waals surface area contributed by atoms with Crippen LogP contribution in [-0.4, -0.2) is 37.9 Å². The maximum absolute atomic E-state index is 12.1. The van der Waals surface area contributed by atoms with E-state index < -0.39 is 23.7 Å². The first-order valence-corrected chi connectivity index (χ1v) is 9.18. The van der Waals surface area contributed by atoms with Crippen molar-refractivity contribution in [3.05, 3.63) is 54.1 Å². The SMILES string of the molecule is COC(=O)[C@@H](Cc1ccc(Oc2cccc(OC)c2)cc1)NC(=O)OC(C)(C)C. The molecule has 2 aromatic rings. The van der Waals surface area contributed by atoms with Gasteiger partial charge < -0.3 is 24.3 Å². The average Bonchev–Trinajstić information content (AvgIpc) is 2.67. The number of carbonyl (C=O) groups excluding carboxylic acids is 2. The zero-order valence-corrected chi connectivity index (χ0v) is 17.4. The highest BCUT2D eigenvalue weighted by Gasteiger charge is 2.25. The number of esters is 1. The fraction of sp³-hybridized carbons (Fsp3) is 0.364. The molecule has 29 heavy (non-hydrogen) atoms. The molecule has 7 heteroatoms. The minimum Gasteiger partial charge on any atom is -0.497 e. The number of benzene rings is 2. The molecular weight excluding hydrogens is 374 g/mol. The van der Waals surface area contributed by atoms with Crippen molar-refractivity contribution in [1.82, 2.24) is 5.32 Å². The van der Waals surface area contributed by atoms with Crippen LogP contribution in [0.2, 0.25) is 0 Å². The molecule has 1 N–H and O–H groups in total. The Kier molecular flexibility index (Phi) is 7.47. The molecule has 2 rings (SSSR count). The summed E-state index contributed by atoms with van der Waals surface area (Å²) in [7, 11) is 2.87. The summed E-state index contributed by atoms with van der Waals surface area (Å²) in [6.45, 7) is 5.25. The highest BCUT2D eigenvalue weighted by atomic mass is 16.6. The summed E-state index contributed by atoms with van der Waals surface area (Å²) in [5.41, 5.74) is 0.165. The van der Waals surface area contributed by atoms with Crippen LogP contribution in [0, 0.1) is 0 Å². The van der Waals surface area contributed by atoms with Gasteiger partial charge in [0, 0.05) is 12.5 Å². The lowest BCUT2D eigenvalue weighted by molar-refractivity contribution is -0.143. The molecule has 1 amide bonds. The molecule has 0 aliphatic carbocycles. The summed E-state index contributed by atoms with van der Waals surface area (Å²) in [6.07, 6.45) is -0.420. The van der Waals surface area contributed by atoms with E-state index in [9.17, 15) is 9.59 Å². The summed E-state index contributed by atoms with van der Waals surface area (Å²) in [5.74, 6) is 1.44. The van der Waals surface area contributed by atoms with Crippen LogP contribution < -0.4 is 14.8 Å². The number of ether oxygens (including phenoxy) is 4.